The lowest BCUT2D eigenvalue weighted by atomic mass is 10.1. The van der Waals surface area contributed by atoms with Crippen LogP contribution in [-0.4, -0.2) is 37.9 Å². The van der Waals surface area contributed by atoms with Gasteiger partial charge in [0, 0.05) is 24.3 Å². The number of hydrogen-bond donors (Lipinski definition) is 2. The van der Waals surface area contributed by atoms with E-state index in [4.69, 9.17) is 4.74 Å². The molecule has 1 heterocycles. The van der Waals surface area contributed by atoms with E-state index in [-0.39, 0.29) is 24.6 Å². The molecule has 0 bridgehead atoms. The van der Waals surface area contributed by atoms with Gasteiger partial charge < -0.3 is 20.3 Å². The first-order valence-corrected chi connectivity index (χ1v) is 9.36. The molecule has 0 aliphatic carbocycles. The zero-order valence-corrected chi connectivity index (χ0v) is 16.5. The van der Waals surface area contributed by atoms with Crippen molar-refractivity contribution in [3.8, 4) is 5.75 Å². The summed E-state index contributed by atoms with van der Waals surface area (Å²) in [7, 11) is 1.53. The van der Waals surface area contributed by atoms with E-state index < -0.39 is 36.0 Å². The average molecular weight is 435 g/mol. The van der Waals surface area contributed by atoms with Crippen LogP contribution >= 0.6 is 0 Å². The van der Waals surface area contributed by atoms with Crippen molar-refractivity contribution in [3.05, 3.63) is 54.1 Å². The molecule has 3 rings (SSSR count). The first-order valence-electron chi connectivity index (χ1n) is 9.36. The van der Waals surface area contributed by atoms with Crippen LogP contribution in [-0.2, 0) is 20.6 Å². The van der Waals surface area contributed by atoms with Gasteiger partial charge >= 0.3 is 6.18 Å². The van der Waals surface area contributed by atoms with E-state index >= 15 is 0 Å². The number of benzene rings is 2. The Morgan fingerprint density at radius 1 is 1.16 bits per heavy atom. The topological polar surface area (TPSA) is 87.7 Å². The SMILES string of the molecule is COc1ccc(N2C[C@@H](C(=O)NCC(=O)Nc3cccc(C(F)(F)F)c3)CC2=O)cc1. The highest BCUT2D eigenvalue weighted by molar-refractivity contribution is 6.01. The molecule has 1 aliphatic rings. The molecule has 2 N–H and O–H groups in total. The molecule has 3 amide bonds. The number of carbonyl (C=O) groups excluding carboxylic acids is 3. The maximum atomic E-state index is 12.7. The molecule has 7 nitrogen and oxygen atoms in total. The largest absolute Gasteiger partial charge is 0.497 e. The molecule has 1 aliphatic heterocycles. The monoisotopic (exact) mass is 435 g/mol. The molecule has 2 aromatic rings. The lowest BCUT2D eigenvalue weighted by Crippen LogP contribution is -2.37. The lowest BCUT2D eigenvalue weighted by molar-refractivity contribution is -0.137. The van der Waals surface area contributed by atoms with Crippen molar-refractivity contribution in [1.29, 1.82) is 0 Å². The minimum Gasteiger partial charge on any atom is -0.497 e. The number of carbonyl (C=O) groups is 3. The Kier molecular flexibility index (Phi) is 6.47. The second-order valence-corrected chi connectivity index (χ2v) is 6.95. The standard InChI is InChI=1S/C21H20F3N3O4/c1-31-17-7-5-16(6-8-17)27-12-13(9-19(27)29)20(30)25-11-18(28)26-15-4-2-3-14(10-15)21(22,23)24/h2-8,10,13H,9,11-12H2,1H3,(H,25,30)(H,26,28)/t13-/m0/s1. The van der Waals surface area contributed by atoms with Gasteiger partial charge in [0.05, 0.1) is 25.1 Å². The summed E-state index contributed by atoms with van der Waals surface area (Å²) in [6.07, 6.45) is -4.53. The Balaban J connectivity index is 1.52. The van der Waals surface area contributed by atoms with Crippen molar-refractivity contribution in [1.82, 2.24) is 5.32 Å². The van der Waals surface area contributed by atoms with Crippen molar-refractivity contribution >= 4 is 29.1 Å². The summed E-state index contributed by atoms with van der Waals surface area (Å²) in [5.41, 5.74) is -0.295. The summed E-state index contributed by atoms with van der Waals surface area (Å²) in [5, 5.41) is 4.74. The molecule has 0 spiro atoms. The van der Waals surface area contributed by atoms with Crippen LogP contribution in [0.2, 0.25) is 0 Å². The van der Waals surface area contributed by atoms with Gasteiger partial charge in [-0.3, -0.25) is 14.4 Å². The summed E-state index contributed by atoms with van der Waals surface area (Å²) in [6.45, 7) is -0.269. The van der Waals surface area contributed by atoms with Gasteiger partial charge in [-0.15, -0.1) is 0 Å². The maximum absolute atomic E-state index is 12.7. The van der Waals surface area contributed by atoms with Gasteiger partial charge in [-0.2, -0.15) is 13.2 Å². The molecule has 1 saturated heterocycles. The molecule has 2 aromatic carbocycles. The minimum absolute atomic E-state index is 0.00684. The molecule has 164 valence electrons. The van der Waals surface area contributed by atoms with E-state index in [1.165, 1.54) is 24.1 Å². The number of amides is 3. The minimum atomic E-state index is -4.53. The highest BCUT2D eigenvalue weighted by Crippen LogP contribution is 2.30. The molecular weight excluding hydrogens is 415 g/mol. The number of anilines is 2. The molecule has 1 atom stereocenters. The third kappa shape index (κ3) is 5.53. The fourth-order valence-electron chi connectivity index (χ4n) is 3.19. The smallest absolute Gasteiger partial charge is 0.416 e. The van der Waals surface area contributed by atoms with Gasteiger partial charge in [-0.05, 0) is 42.5 Å². The average Bonchev–Trinajstić information content (AvgIpc) is 3.13. The summed E-state index contributed by atoms with van der Waals surface area (Å²) >= 11 is 0. The molecule has 1 fully saturated rings. The Labute approximate surface area is 176 Å². The van der Waals surface area contributed by atoms with Crippen molar-refractivity contribution < 1.29 is 32.3 Å². The highest BCUT2D eigenvalue weighted by Gasteiger charge is 2.35. The van der Waals surface area contributed by atoms with Crippen molar-refractivity contribution in [2.24, 2.45) is 5.92 Å². The number of methoxy groups -OCH3 is 1. The van der Waals surface area contributed by atoms with Crippen LogP contribution in [0.15, 0.2) is 48.5 Å². The quantitative estimate of drug-likeness (QED) is 0.731. The number of hydrogen-bond acceptors (Lipinski definition) is 4. The van der Waals surface area contributed by atoms with Crippen LogP contribution in [0.3, 0.4) is 0 Å². The summed E-state index contributed by atoms with van der Waals surface area (Å²) in [6, 6.07) is 11.0. The molecule has 31 heavy (non-hydrogen) atoms. The lowest BCUT2D eigenvalue weighted by Gasteiger charge is -2.17. The second-order valence-electron chi connectivity index (χ2n) is 6.95. The van der Waals surface area contributed by atoms with E-state index in [0.29, 0.717) is 11.4 Å². The van der Waals surface area contributed by atoms with E-state index in [2.05, 4.69) is 10.6 Å². The van der Waals surface area contributed by atoms with Gasteiger partial charge in [-0.25, -0.2) is 0 Å². The van der Waals surface area contributed by atoms with Crippen LogP contribution < -0.4 is 20.3 Å². The Bertz CT molecular complexity index is 977. The normalized spacial score (nSPS) is 16.2. The molecule has 10 heteroatoms. The van der Waals surface area contributed by atoms with Crippen molar-refractivity contribution in [2.75, 3.05) is 30.4 Å². The first kappa shape index (κ1) is 22.1. The van der Waals surface area contributed by atoms with Gasteiger partial charge in [0.2, 0.25) is 17.7 Å². The van der Waals surface area contributed by atoms with Gasteiger partial charge in [-0.1, -0.05) is 6.07 Å². The Morgan fingerprint density at radius 3 is 2.52 bits per heavy atom. The van der Waals surface area contributed by atoms with E-state index in [9.17, 15) is 27.6 Å². The number of rotatable bonds is 6. The molecule has 0 unspecified atom stereocenters. The zero-order chi connectivity index (χ0) is 22.6. The summed E-state index contributed by atoms with van der Waals surface area (Å²) in [5.74, 6) is -1.39. The number of alkyl halides is 3. The third-order valence-corrected chi connectivity index (χ3v) is 4.78. The van der Waals surface area contributed by atoms with Gasteiger partial charge in [0.1, 0.15) is 5.75 Å². The summed E-state index contributed by atoms with van der Waals surface area (Å²) < 4.78 is 43.3. The van der Waals surface area contributed by atoms with Gasteiger partial charge in [0.15, 0.2) is 0 Å². The second kappa shape index (κ2) is 9.07. The number of nitrogens with zero attached hydrogens (tertiary/aromatic N) is 1. The van der Waals surface area contributed by atoms with E-state index in [1.54, 1.807) is 24.3 Å². The van der Waals surface area contributed by atoms with Crippen LogP contribution in [0.25, 0.3) is 0 Å². The zero-order valence-electron chi connectivity index (χ0n) is 16.5. The highest BCUT2D eigenvalue weighted by atomic mass is 19.4. The van der Waals surface area contributed by atoms with Gasteiger partial charge in [0.25, 0.3) is 0 Å². The number of ether oxygens (including phenoxy) is 1. The van der Waals surface area contributed by atoms with Crippen LogP contribution in [0.5, 0.6) is 5.75 Å². The Hall–Kier alpha value is -3.56. The van der Waals surface area contributed by atoms with Crippen LogP contribution in [0.4, 0.5) is 24.5 Å². The molecular formula is C21H20F3N3O4. The predicted octanol–water partition coefficient (Wildman–Crippen LogP) is 2.82. The fraction of sp³-hybridized carbons (Fsp3) is 0.286. The summed E-state index contributed by atoms with van der Waals surface area (Å²) in [4.78, 5) is 38.1. The van der Waals surface area contributed by atoms with Crippen LogP contribution in [0, 0.1) is 5.92 Å². The molecule has 0 saturated carbocycles. The number of halogens is 3. The third-order valence-electron chi connectivity index (χ3n) is 4.78. The van der Waals surface area contributed by atoms with Crippen molar-refractivity contribution in [3.63, 3.8) is 0 Å². The first-order chi connectivity index (χ1) is 14.7. The van der Waals surface area contributed by atoms with Crippen LogP contribution in [0.1, 0.15) is 12.0 Å². The predicted molar refractivity (Wildman–Crippen MR) is 107 cm³/mol. The number of nitrogens with one attached hydrogen (secondary N) is 2. The van der Waals surface area contributed by atoms with Crippen molar-refractivity contribution in [2.45, 2.75) is 12.6 Å². The van der Waals surface area contributed by atoms with E-state index in [0.717, 1.165) is 12.1 Å². The van der Waals surface area contributed by atoms with E-state index in [1.807, 2.05) is 0 Å². The fourth-order valence-corrected chi connectivity index (χ4v) is 3.19. The maximum Gasteiger partial charge on any atom is 0.416 e. The molecule has 0 aromatic heterocycles. The molecule has 0 radical (unpaired) electrons. The Morgan fingerprint density at radius 2 is 1.87 bits per heavy atom.